The summed E-state index contributed by atoms with van der Waals surface area (Å²) < 4.78 is 32.2. The average molecular weight is 604 g/mol. The lowest BCUT2D eigenvalue weighted by Crippen LogP contribution is -2.36. The number of hydrogen-bond acceptors (Lipinski definition) is 8. The molecule has 0 bridgehead atoms. The van der Waals surface area contributed by atoms with Gasteiger partial charge >= 0.3 is 5.97 Å². The van der Waals surface area contributed by atoms with Crippen LogP contribution in [0, 0.1) is 17.6 Å². The van der Waals surface area contributed by atoms with Gasteiger partial charge in [-0.3, -0.25) is 9.69 Å². The number of aromatic nitrogens is 4. The van der Waals surface area contributed by atoms with E-state index in [9.17, 15) is 24.2 Å². The molecule has 0 aliphatic carbocycles. The molecule has 2 atom stereocenters. The van der Waals surface area contributed by atoms with Gasteiger partial charge in [0.15, 0.2) is 11.6 Å². The number of carboxylic acids is 1. The van der Waals surface area contributed by atoms with Crippen LogP contribution >= 0.6 is 0 Å². The Morgan fingerprint density at radius 2 is 2.00 bits per heavy atom. The zero-order chi connectivity index (χ0) is 30.9. The molecule has 0 saturated carbocycles. The number of aliphatic hydroxyl groups is 1. The van der Waals surface area contributed by atoms with Crippen molar-refractivity contribution >= 4 is 50.3 Å². The molecule has 2 saturated heterocycles. The van der Waals surface area contributed by atoms with Gasteiger partial charge in [0.1, 0.15) is 16.9 Å². The van der Waals surface area contributed by atoms with Gasteiger partial charge in [0.05, 0.1) is 33.1 Å². The van der Waals surface area contributed by atoms with Gasteiger partial charge in [-0.15, -0.1) is 0 Å². The van der Waals surface area contributed by atoms with Gasteiger partial charge in [0, 0.05) is 82.2 Å². The van der Waals surface area contributed by atoms with E-state index in [-0.39, 0.29) is 29.0 Å². The third kappa shape index (κ3) is 4.21. The minimum atomic E-state index is -1.34. The van der Waals surface area contributed by atoms with Gasteiger partial charge in [-0.25, -0.2) is 23.5 Å². The molecule has 44 heavy (non-hydrogen) atoms. The van der Waals surface area contributed by atoms with Crippen LogP contribution in [0.25, 0.3) is 44.1 Å². The second kappa shape index (κ2) is 10.5. The highest BCUT2D eigenvalue weighted by atomic mass is 19.2. The third-order valence-corrected chi connectivity index (χ3v) is 9.17. The number of carbonyl (C=O) groups is 1. The molecular formula is C31H31F2N7O4. The lowest BCUT2D eigenvalue weighted by Gasteiger charge is -2.27. The van der Waals surface area contributed by atoms with Crippen molar-refractivity contribution in [3.05, 3.63) is 58.1 Å². The number of nitrogens with zero attached hydrogens (tertiary/aromatic N) is 5. The first kappa shape index (κ1) is 28.2. The van der Waals surface area contributed by atoms with Crippen LogP contribution in [0.1, 0.15) is 23.2 Å². The van der Waals surface area contributed by atoms with E-state index in [4.69, 9.17) is 0 Å². The molecule has 2 aliphatic rings. The molecule has 6 heterocycles. The minimum Gasteiger partial charge on any atom is -0.477 e. The minimum absolute atomic E-state index is 0.0701. The normalized spacial score (nSPS) is 18.6. The Morgan fingerprint density at radius 3 is 2.75 bits per heavy atom. The summed E-state index contributed by atoms with van der Waals surface area (Å²) in [6.45, 7) is 3.10. The molecule has 228 valence electrons. The molecule has 0 unspecified atom stereocenters. The standard InChI is InChI=1S/C31H31F2N7O4/c1-34-21-9-20(32)25(33)23-24-27(40-12-15-4-6-39(5-3-7-41)22(15)14-40)18(11-35-29(24)37-26(21)23)16-8-17-28(42)19(31(43)44)13-38(2)30(17)36-10-16/h8-11,13,15,22,34,41H,3-7,12,14H2,1-2H3,(H,35,37)(H,43,44)/t15-,22+/m0/s1. The SMILES string of the molecule is CNc1cc(F)c(F)c2c1[nH]c1ncc(-c3cnc4c(c3)c(=O)c(C(=O)O)cn4C)c(N3C[C@@H]4CCN(CCCO)[C@@H]4C3)c12. The largest absolute Gasteiger partial charge is 0.477 e. The van der Waals surface area contributed by atoms with Crippen molar-refractivity contribution in [2.75, 3.05) is 50.1 Å². The highest BCUT2D eigenvalue weighted by Gasteiger charge is 2.42. The number of carboxylic acid groups (broad SMARTS) is 1. The average Bonchev–Trinajstić information content (AvgIpc) is 3.72. The van der Waals surface area contributed by atoms with E-state index in [1.165, 1.54) is 10.8 Å². The van der Waals surface area contributed by atoms with E-state index >= 15 is 4.39 Å². The first-order valence-corrected chi connectivity index (χ1v) is 14.5. The van der Waals surface area contributed by atoms with Crippen LogP contribution < -0.4 is 15.6 Å². The van der Waals surface area contributed by atoms with Crippen LogP contribution in [0.3, 0.4) is 0 Å². The number of aromatic carboxylic acids is 1. The van der Waals surface area contributed by atoms with Crippen molar-refractivity contribution in [2.24, 2.45) is 13.0 Å². The van der Waals surface area contributed by atoms with Crippen LogP contribution in [-0.4, -0.2) is 86.5 Å². The molecule has 0 spiro atoms. The maximum Gasteiger partial charge on any atom is 0.341 e. The van der Waals surface area contributed by atoms with Gasteiger partial charge in [0.2, 0.25) is 5.43 Å². The van der Waals surface area contributed by atoms with Crippen molar-refractivity contribution in [3.63, 3.8) is 0 Å². The summed E-state index contributed by atoms with van der Waals surface area (Å²) in [6, 6.07) is 2.92. The molecule has 7 rings (SSSR count). The van der Waals surface area contributed by atoms with E-state index in [1.54, 1.807) is 32.6 Å². The summed E-state index contributed by atoms with van der Waals surface area (Å²) >= 11 is 0. The number of nitrogens with one attached hydrogen (secondary N) is 2. The zero-order valence-corrected chi connectivity index (χ0v) is 24.2. The Kier molecular flexibility index (Phi) is 6.74. The number of H-pyrrole nitrogens is 1. The lowest BCUT2D eigenvalue weighted by molar-refractivity contribution is 0.0695. The maximum atomic E-state index is 15.7. The quantitative estimate of drug-likeness (QED) is 0.220. The summed E-state index contributed by atoms with van der Waals surface area (Å²) in [7, 11) is 3.25. The monoisotopic (exact) mass is 603 g/mol. The van der Waals surface area contributed by atoms with Crippen molar-refractivity contribution in [1.29, 1.82) is 0 Å². The van der Waals surface area contributed by atoms with Crippen LogP contribution in [0.15, 0.2) is 35.5 Å². The predicted octanol–water partition coefficient (Wildman–Crippen LogP) is 3.54. The number of aryl methyl sites for hydroxylation is 1. The van der Waals surface area contributed by atoms with Crippen molar-refractivity contribution in [2.45, 2.75) is 18.9 Å². The number of likely N-dealkylation sites (tertiary alicyclic amines) is 1. The molecular weight excluding hydrogens is 572 g/mol. The molecule has 4 aromatic heterocycles. The molecule has 11 nitrogen and oxygen atoms in total. The summed E-state index contributed by atoms with van der Waals surface area (Å²) in [5.74, 6) is -2.99. The summed E-state index contributed by atoms with van der Waals surface area (Å²) in [5, 5.41) is 22.6. The molecule has 2 aliphatic heterocycles. The van der Waals surface area contributed by atoms with E-state index in [1.807, 2.05) is 0 Å². The number of fused-ring (bicyclic) bond motifs is 5. The number of benzene rings is 1. The van der Waals surface area contributed by atoms with Gasteiger partial charge < -0.3 is 30.0 Å². The van der Waals surface area contributed by atoms with Crippen LogP contribution in [-0.2, 0) is 7.05 Å². The molecule has 4 N–H and O–H groups in total. The van der Waals surface area contributed by atoms with Gasteiger partial charge in [-0.05, 0) is 31.4 Å². The Bertz CT molecular complexity index is 2040. The Hall–Kier alpha value is -4.62. The number of aliphatic hydroxyl groups excluding tert-OH is 1. The Labute approximate surface area is 249 Å². The molecule has 2 fully saturated rings. The number of pyridine rings is 3. The van der Waals surface area contributed by atoms with E-state index in [2.05, 4.69) is 30.1 Å². The summed E-state index contributed by atoms with van der Waals surface area (Å²) in [5.41, 5.74) is 2.11. The van der Waals surface area contributed by atoms with Crippen LogP contribution in [0.5, 0.6) is 0 Å². The summed E-state index contributed by atoms with van der Waals surface area (Å²) in [4.78, 5) is 41.9. The van der Waals surface area contributed by atoms with E-state index in [0.717, 1.165) is 25.6 Å². The fourth-order valence-electron chi connectivity index (χ4n) is 7.13. The molecule has 0 radical (unpaired) electrons. The smallest absolute Gasteiger partial charge is 0.341 e. The predicted molar refractivity (Wildman–Crippen MR) is 163 cm³/mol. The Morgan fingerprint density at radius 1 is 1.18 bits per heavy atom. The molecule has 5 aromatic rings. The number of aromatic amines is 1. The maximum absolute atomic E-state index is 15.7. The second-order valence-corrected chi connectivity index (χ2v) is 11.6. The van der Waals surface area contributed by atoms with Crippen LogP contribution in [0.2, 0.25) is 0 Å². The lowest BCUT2D eigenvalue weighted by atomic mass is 10.0. The molecule has 0 amide bonds. The van der Waals surface area contributed by atoms with Crippen LogP contribution in [0.4, 0.5) is 20.2 Å². The second-order valence-electron chi connectivity index (χ2n) is 11.6. The first-order valence-electron chi connectivity index (χ1n) is 14.5. The van der Waals surface area contributed by atoms with Gasteiger partial charge in [-0.2, -0.15) is 0 Å². The van der Waals surface area contributed by atoms with Crippen molar-refractivity contribution in [1.82, 2.24) is 24.4 Å². The highest BCUT2D eigenvalue weighted by Crippen LogP contribution is 2.46. The highest BCUT2D eigenvalue weighted by molar-refractivity contribution is 6.18. The summed E-state index contributed by atoms with van der Waals surface area (Å²) in [6.07, 6.45) is 6.11. The van der Waals surface area contributed by atoms with Gasteiger partial charge in [0.25, 0.3) is 0 Å². The number of rotatable bonds is 7. The van der Waals surface area contributed by atoms with Gasteiger partial charge in [-0.1, -0.05) is 0 Å². The van der Waals surface area contributed by atoms with Crippen molar-refractivity contribution in [3.8, 4) is 11.1 Å². The number of anilines is 2. The third-order valence-electron chi connectivity index (χ3n) is 9.17. The first-order chi connectivity index (χ1) is 21.2. The molecule has 1 aromatic carbocycles. The topological polar surface area (TPSA) is 140 Å². The zero-order valence-electron chi connectivity index (χ0n) is 24.2. The molecule has 13 heteroatoms. The van der Waals surface area contributed by atoms with Crippen molar-refractivity contribution < 1.29 is 23.8 Å². The fraction of sp³-hybridized carbons (Fsp3) is 0.355. The number of hydrogen-bond donors (Lipinski definition) is 4. The van der Waals surface area contributed by atoms with E-state index < -0.39 is 23.0 Å². The van der Waals surface area contributed by atoms with E-state index in [0.29, 0.717) is 70.1 Å². The fourth-order valence-corrected chi connectivity index (χ4v) is 7.13. The Balaban J connectivity index is 1.49. The number of halogens is 2.